The minimum absolute atomic E-state index is 0.0328. The van der Waals surface area contributed by atoms with Gasteiger partial charge >= 0.3 is 0 Å². The van der Waals surface area contributed by atoms with Crippen LogP contribution in [-0.4, -0.2) is 39.3 Å². The molecule has 2 N–H and O–H groups in total. The number of quaternary nitrogens is 1. The molecule has 0 saturated carbocycles. The van der Waals surface area contributed by atoms with Crippen LogP contribution in [0.25, 0.3) is 0 Å². The maximum atomic E-state index is 12.8. The number of methoxy groups -OCH3 is 1. The van der Waals surface area contributed by atoms with E-state index in [1.807, 2.05) is 18.2 Å². The first-order chi connectivity index (χ1) is 12.6. The maximum Gasteiger partial charge on any atom is 0.279 e. The van der Waals surface area contributed by atoms with Crippen LogP contribution in [0, 0.1) is 5.82 Å². The summed E-state index contributed by atoms with van der Waals surface area (Å²) in [6, 6.07) is 13.3. The molecule has 140 valence electrons. The predicted molar refractivity (Wildman–Crippen MR) is 99.4 cm³/mol. The molecule has 0 aliphatic heterocycles. The zero-order chi connectivity index (χ0) is 18.8. The average Bonchev–Trinajstić information content (AvgIpc) is 2.65. The molecular formula is C20H26FN2O3+. The number of hydrogen-bond donors (Lipinski definition) is 2. The monoisotopic (exact) mass is 361 g/mol. The van der Waals surface area contributed by atoms with Crippen LogP contribution < -0.4 is 19.7 Å². The Hall–Kier alpha value is -2.60. The highest BCUT2D eigenvalue weighted by Gasteiger charge is 2.13. The van der Waals surface area contributed by atoms with Gasteiger partial charge in [-0.05, 0) is 43.3 Å². The number of ether oxygens (including phenoxy) is 2. The van der Waals surface area contributed by atoms with Crippen molar-refractivity contribution in [2.45, 2.75) is 13.3 Å². The standard InChI is InChI=1S/C20H25FN2O3/c1-3-23(12-5-13-26-18-10-8-16(21)9-11-18)15-20(24)22-17-6-4-7-19(14-17)25-2/h4,6-11,14H,3,5,12-13,15H2,1-2H3,(H,22,24)/p+1. The van der Waals surface area contributed by atoms with E-state index in [0.717, 1.165) is 25.2 Å². The molecule has 1 atom stereocenters. The number of amides is 1. The molecule has 1 amide bonds. The number of carbonyl (C=O) groups excluding carboxylic acids is 1. The molecule has 26 heavy (non-hydrogen) atoms. The van der Waals surface area contributed by atoms with Gasteiger partial charge in [0.1, 0.15) is 17.3 Å². The lowest BCUT2D eigenvalue weighted by Gasteiger charge is -2.17. The van der Waals surface area contributed by atoms with Gasteiger partial charge in [0.2, 0.25) is 0 Å². The second-order valence-electron chi connectivity index (χ2n) is 5.97. The fraction of sp³-hybridized carbons (Fsp3) is 0.350. The lowest BCUT2D eigenvalue weighted by molar-refractivity contribution is -0.890. The average molecular weight is 361 g/mol. The molecule has 5 nitrogen and oxygen atoms in total. The smallest absolute Gasteiger partial charge is 0.279 e. The van der Waals surface area contributed by atoms with E-state index in [-0.39, 0.29) is 11.7 Å². The summed E-state index contributed by atoms with van der Waals surface area (Å²) in [6.07, 6.45) is 0.812. The Balaban J connectivity index is 1.72. The Morgan fingerprint density at radius 3 is 2.62 bits per heavy atom. The lowest BCUT2D eigenvalue weighted by atomic mass is 10.3. The third-order valence-electron chi connectivity index (χ3n) is 4.02. The van der Waals surface area contributed by atoms with Gasteiger partial charge in [0.05, 0.1) is 26.8 Å². The van der Waals surface area contributed by atoms with Crippen molar-refractivity contribution >= 4 is 11.6 Å². The molecule has 2 aromatic carbocycles. The minimum Gasteiger partial charge on any atom is -0.497 e. The van der Waals surface area contributed by atoms with E-state index in [1.165, 1.54) is 17.0 Å². The topological polar surface area (TPSA) is 52.0 Å². The van der Waals surface area contributed by atoms with Gasteiger partial charge in [0.25, 0.3) is 5.91 Å². The zero-order valence-electron chi connectivity index (χ0n) is 15.3. The molecule has 0 aliphatic carbocycles. The van der Waals surface area contributed by atoms with Crippen LogP contribution in [0.15, 0.2) is 48.5 Å². The summed E-state index contributed by atoms with van der Waals surface area (Å²) in [5, 5.41) is 2.90. The van der Waals surface area contributed by atoms with Crippen molar-refractivity contribution < 1.29 is 23.6 Å². The van der Waals surface area contributed by atoms with Crippen LogP contribution in [0.5, 0.6) is 11.5 Å². The van der Waals surface area contributed by atoms with Crippen molar-refractivity contribution in [1.82, 2.24) is 0 Å². The summed E-state index contributed by atoms with van der Waals surface area (Å²) in [6.45, 7) is 4.65. The zero-order valence-corrected chi connectivity index (χ0v) is 15.3. The highest BCUT2D eigenvalue weighted by atomic mass is 19.1. The SMILES string of the molecule is CC[NH+](CCCOc1ccc(F)cc1)CC(=O)Nc1cccc(OC)c1. The van der Waals surface area contributed by atoms with Gasteiger partial charge in [0.15, 0.2) is 6.54 Å². The third-order valence-corrected chi connectivity index (χ3v) is 4.02. The van der Waals surface area contributed by atoms with E-state index in [4.69, 9.17) is 9.47 Å². The van der Waals surface area contributed by atoms with Crippen LogP contribution in [0.4, 0.5) is 10.1 Å². The highest BCUT2D eigenvalue weighted by Crippen LogP contribution is 2.16. The van der Waals surface area contributed by atoms with Crippen molar-refractivity contribution in [2.24, 2.45) is 0 Å². The molecule has 0 aliphatic rings. The number of anilines is 1. The summed E-state index contributed by atoms with van der Waals surface area (Å²) in [5.74, 6) is 1.05. The van der Waals surface area contributed by atoms with Gasteiger partial charge < -0.3 is 19.7 Å². The first-order valence-corrected chi connectivity index (χ1v) is 8.76. The minimum atomic E-state index is -0.277. The van der Waals surface area contributed by atoms with Crippen LogP contribution in [0.1, 0.15) is 13.3 Å². The van der Waals surface area contributed by atoms with E-state index >= 15 is 0 Å². The van der Waals surface area contributed by atoms with E-state index < -0.39 is 0 Å². The van der Waals surface area contributed by atoms with Crippen molar-refractivity contribution in [3.8, 4) is 11.5 Å². The van der Waals surface area contributed by atoms with E-state index in [9.17, 15) is 9.18 Å². The fourth-order valence-electron chi connectivity index (χ4n) is 2.57. The Bertz CT molecular complexity index is 692. The Morgan fingerprint density at radius 1 is 1.15 bits per heavy atom. The summed E-state index contributed by atoms with van der Waals surface area (Å²) in [5.41, 5.74) is 0.726. The van der Waals surface area contributed by atoms with Gasteiger partial charge in [-0.2, -0.15) is 0 Å². The molecule has 2 aromatic rings. The molecular weight excluding hydrogens is 335 g/mol. The van der Waals surface area contributed by atoms with Gasteiger partial charge in [-0.3, -0.25) is 4.79 Å². The van der Waals surface area contributed by atoms with Gasteiger partial charge in [-0.15, -0.1) is 0 Å². The largest absolute Gasteiger partial charge is 0.497 e. The fourth-order valence-corrected chi connectivity index (χ4v) is 2.57. The summed E-state index contributed by atoms with van der Waals surface area (Å²) >= 11 is 0. The molecule has 0 heterocycles. The molecule has 0 bridgehead atoms. The Kier molecular flexibility index (Phi) is 7.89. The molecule has 0 radical (unpaired) electrons. The number of halogens is 1. The van der Waals surface area contributed by atoms with Crippen LogP contribution in [0.3, 0.4) is 0 Å². The molecule has 6 heteroatoms. The van der Waals surface area contributed by atoms with Gasteiger partial charge in [-0.25, -0.2) is 4.39 Å². The Morgan fingerprint density at radius 2 is 1.92 bits per heavy atom. The van der Waals surface area contributed by atoms with E-state index in [0.29, 0.717) is 24.7 Å². The third kappa shape index (κ3) is 6.72. The molecule has 0 fully saturated rings. The van der Waals surface area contributed by atoms with Crippen molar-refractivity contribution in [1.29, 1.82) is 0 Å². The molecule has 0 aromatic heterocycles. The number of rotatable bonds is 10. The van der Waals surface area contributed by atoms with Crippen molar-refractivity contribution in [3.05, 3.63) is 54.3 Å². The number of hydrogen-bond acceptors (Lipinski definition) is 3. The quantitative estimate of drug-likeness (QED) is 0.638. The van der Waals surface area contributed by atoms with Gasteiger partial charge in [0, 0.05) is 18.2 Å². The molecule has 0 spiro atoms. The predicted octanol–water partition coefficient (Wildman–Crippen LogP) is 2.15. The lowest BCUT2D eigenvalue weighted by Crippen LogP contribution is -3.12. The van der Waals surface area contributed by atoms with E-state index in [2.05, 4.69) is 12.2 Å². The van der Waals surface area contributed by atoms with Crippen molar-refractivity contribution in [2.75, 3.05) is 38.7 Å². The summed E-state index contributed by atoms with van der Waals surface area (Å²) in [7, 11) is 1.60. The maximum absolute atomic E-state index is 12.8. The normalized spacial score (nSPS) is 11.7. The molecule has 0 saturated heterocycles. The van der Waals surface area contributed by atoms with Crippen molar-refractivity contribution in [3.63, 3.8) is 0 Å². The molecule has 2 rings (SSSR count). The van der Waals surface area contributed by atoms with Crippen LogP contribution in [0.2, 0.25) is 0 Å². The second-order valence-corrected chi connectivity index (χ2v) is 5.97. The number of nitrogens with one attached hydrogen (secondary N) is 2. The summed E-state index contributed by atoms with van der Waals surface area (Å²) in [4.78, 5) is 13.4. The van der Waals surface area contributed by atoms with Crippen LogP contribution >= 0.6 is 0 Å². The Labute approximate surface area is 153 Å². The first-order valence-electron chi connectivity index (χ1n) is 8.76. The van der Waals surface area contributed by atoms with E-state index in [1.54, 1.807) is 25.3 Å². The van der Waals surface area contributed by atoms with Crippen LogP contribution in [-0.2, 0) is 4.79 Å². The summed E-state index contributed by atoms with van der Waals surface area (Å²) < 4.78 is 23.6. The highest BCUT2D eigenvalue weighted by molar-refractivity contribution is 5.91. The number of benzene rings is 2. The second kappa shape index (κ2) is 10.4. The first kappa shape index (κ1) is 19.7. The molecule has 1 unspecified atom stereocenters. The number of likely N-dealkylation sites (N-methyl/N-ethyl adjacent to an activating group) is 1. The number of carbonyl (C=O) groups is 1. The van der Waals surface area contributed by atoms with Gasteiger partial charge in [-0.1, -0.05) is 6.07 Å².